The Morgan fingerprint density at radius 3 is 1.43 bits per heavy atom. The van der Waals surface area contributed by atoms with Crippen molar-refractivity contribution in [2.24, 2.45) is 29.6 Å². The predicted molar refractivity (Wildman–Crippen MR) is 98.4 cm³/mol. The van der Waals surface area contributed by atoms with Gasteiger partial charge in [-0.3, -0.25) is 0 Å². The van der Waals surface area contributed by atoms with Gasteiger partial charge in [0.25, 0.3) is 0 Å². The van der Waals surface area contributed by atoms with Gasteiger partial charge in [-0.2, -0.15) is 0 Å². The summed E-state index contributed by atoms with van der Waals surface area (Å²) in [5.74, 6) is 5.15. The Hall–Kier alpha value is -0.0400. The van der Waals surface area contributed by atoms with Crippen molar-refractivity contribution < 1.29 is 5.11 Å². The molecule has 0 atom stereocenters. The zero-order valence-electron chi connectivity index (χ0n) is 15.5. The van der Waals surface area contributed by atoms with Gasteiger partial charge in [-0.25, -0.2) is 0 Å². The largest absolute Gasteiger partial charge is 0.393 e. The number of unbranched alkanes of at least 4 members (excludes halogenated alkanes) is 1. The summed E-state index contributed by atoms with van der Waals surface area (Å²) in [4.78, 5) is 0. The van der Waals surface area contributed by atoms with Gasteiger partial charge in [-0.15, -0.1) is 0 Å². The molecule has 3 aliphatic rings. The first kappa shape index (κ1) is 17.8. The normalized spacial score (nSPS) is 42.5. The molecular weight excluding hydrogens is 280 g/mol. The van der Waals surface area contributed by atoms with Gasteiger partial charge in [0, 0.05) is 0 Å². The molecule has 1 heteroatoms. The van der Waals surface area contributed by atoms with Crippen LogP contribution in [0.3, 0.4) is 0 Å². The van der Waals surface area contributed by atoms with Crippen molar-refractivity contribution in [1.82, 2.24) is 0 Å². The summed E-state index contributed by atoms with van der Waals surface area (Å²) < 4.78 is 0. The SMILES string of the molecule is CCCCC1CCC(C2CCC(C3CCC(O)CC3)CC2)CC1. The van der Waals surface area contributed by atoms with E-state index in [0.29, 0.717) is 0 Å². The van der Waals surface area contributed by atoms with Crippen LogP contribution in [0.1, 0.15) is 103 Å². The van der Waals surface area contributed by atoms with Gasteiger partial charge >= 0.3 is 0 Å². The van der Waals surface area contributed by atoms with Crippen LogP contribution >= 0.6 is 0 Å². The molecule has 0 aromatic rings. The smallest absolute Gasteiger partial charge is 0.0540 e. The molecule has 0 aliphatic heterocycles. The van der Waals surface area contributed by atoms with Gasteiger partial charge in [-0.1, -0.05) is 39.0 Å². The number of aliphatic hydroxyl groups is 1. The predicted octanol–water partition coefficient (Wildman–Crippen LogP) is 6.34. The van der Waals surface area contributed by atoms with Crippen molar-refractivity contribution in [3.63, 3.8) is 0 Å². The summed E-state index contributed by atoms with van der Waals surface area (Å²) in [5, 5.41) is 9.71. The van der Waals surface area contributed by atoms with E-state index >= 15 is 0 Å². The molecule has 23 heavy (non-hydrogen) atoms. The number of aliphatic hydroxyl groups excluding tert-OH is 1. The molecule has 1 nitrogen and oxygen atoms in total. The highest BCUT2D eigenvalue weighted by molar-refractivity contribution is 4.85. The molecule has 3 aliphatic carbocycles. The molecular formula is C22H40O. The third kappa shape index (κ3) is 4.97. The van der Waals surface area contributed by atoms with Crippen LogP contribution in [0.5, 0.6) is 0 Å². The lowest BCUT2D eigenvalue weighted by Crippen LogP contribution is -2.30. The van der Waals surface area contributed by atoms with E-state index in [1.807, 2.05) is 0 Å². The average molecular weight is 321 g/mol. The molecule has 3 fully saturated rings. The van der Waals surface area contributed by atoms with E-state index in [1.165, 1.54) is 70.6 Å². The van der Waals surface area contributed by atoms with Gasteiger partial charge in [0.15, 0.2) is 0 Å². The van der Waals surface area contributed by atoms with Crippen LogP contribution in [-0.4, -0.2) is 11.2 Å². The summed E-state index contributed by atoms with van der Waals surface area (Å²) in [5.41, 5.74) is 0. The first-order chi connectivity index (χ1) is 11.3. The molecule has 0 unspecified atom stereocenters. The van der Waals surface area contributed by atoms with Gasteiger partial charge in [-0.05, 0) is 93.8 Å². The minimum atomic E-state index is 0.0190. The fourth-order valence-corrected chi connectivity index (χ4v) is 6.10. The van der Waals surface area contributed by atoms with Crippen LogP contribution in [0.15, 0.2) is 0 Å². The van der Waals surface area contributed by atoms with Crippen LogP contribution < -0.4 is 0 Å². The highest BCUT2D eigenvalue weighted by Crippen LogP contribution is 2.45. The first-order valence-electron chi connectivity index (χ1n) is 10.9. The fraction of sp³-hybridized carbons (Fsp3) is 1.00. The second kappa shape index (κ2) is 8.88. The molecule has 1 N–H and O–H groups in total. The Morgan fingerprint density at radius 1 is 0.609 bits per heavy atom. The summed E-state index contributed by atoms with van der Waals surface area (Å²) in [6.07, 6.45) is 21.3. The van der Waals surface area contributed by atoms with E-state index in [9.17, 15) is 5.11 Å². The first-order valence-corrected chi connectivity index (χ1v) is 10.9. The van der Waals surface area contributed by atoms with Crippen molar-refractivity contribution in [1.29, 1.82) is 0 Å². The molecule has 0 amide bonds. The lowest BCUT2D eigenvalue weighted by Gasteiger charge is -2.41. The lowest BCUT2D eigenvalue weighted by molar-refractivity contribution is 0.0666. The standard InChI is InChI=1S/C22H40O/c1-2-3-4-17-5-7-18(8-6-17)19-9-11-20(12-10-19)21-13-15-22(23)16-14-21/h17-23H,2-16H2,1H3. The Bertz CT molecular complexity index is 315. The van der Waals surface area contributed by atoms with Gasteiger partial charge in [0.05, 0.1) is 6.10 Å². The molecule has 134 valence electrons. The molecule has 0 saturated heterocycles. The van der Waals surface area contributed by atoms with Gasteiger partial charge < -0.3 is 5.11 Å². The quantitative estimate of drug-likeness (QED) is 0.626. The maximum atomic E-state index is 9.71. The molecule has 0 radical (unpaired) electrons. The van der Waals surface area contributed by atoms with Crippen LogP contribution in [0.4, 0.5) is 0 Å². The number of hydrogen-bond acceptors (Lipinski definition) is 1. The average Bonchev–Trinajstić information content (AvgIpc) is 2.61. The van der Waals surface area contributed by atoms with Crippen molar-refractivity contribution in [3.8, 4) is 0 Å². The molecule has 3 saturated carbocycles. The Morgan fingerprint density at radius 2 is 1.00 bits per heavy atom. The zero-order valence-corrected chi connectivity index (χ0v) is 15.5. The van der Waals surface area contributed by atoms with E-state index in [4.69, 9.17) is 0 Å². The van der Waals surface area contributed by atoms with Gasteiger partial charge in [0.1, 0.15) is 0 Å². The van der Waals surface area contributed by atoms with Crippen LogP contribution in [0, 0.1) is 29.6 Å². The van der Waals surface area contributed by atoms with Crippen molar-refractivity contribution in [3.05, 3.63) is 0 Å². The third-order valence-electron chi connectivity index (χ3n) is 7.75. The maximum absolute atomic E-state index is 9.71. The lowest BCUT2D eigenvalue weighted by atomic mass is 9.65. The monoisotopic (exact) mass is 320 g/mol. The Kier molecular flexibility index (Phi) is 6.86. The molecule has 3 rings (SSSR count). The summed E-state index contributed by atoms with van der Waals surface area (Å²) >= 11 is 0. The molecule has 0 aromatic carbocycles. The van der Waals surface area contributed by atoms with E-state index in [0.717, 1.165) is 42.4 Å². The number of rotatable bonds is 5. The summed E-state index contributed by atoms with van der Waals surface area (Å²) in [7, 11) is 0. The van der Waals surface area contributed by atoms with Crippen molar-refractivity contribution in [2.45, 2.75) is 109 Å². The Balaban J connectivity index is 1.36. The highest BCUT2D eigenvalue weighted by atomic mass is 16.3. The Labute approximate surface area is 144 Å². The van der Waals surface area contributed by atoms with Crippen LogP contribution in [0.2, 0.25) is 0 Å². The van der Waals surface area contributed by atoms with E-state index in [2.05, 4.69) is 6.92 Å². The van der Waals surface area contributed by atoms with Crippen LogP contribution in [-0.2, 0) is 0 Å². The second-order valence-electron chi connectivity index (χ2n) is 9.17. The topological polar surface area (TPSA) is 20.2 Å². The van der Waals surface area contributed by atoms with E-state index in [-0.39, 0.29) is 6.10 Å². The zero-order chi connectivity index (χ0) is 16.1. The molecule has 0 bridgehead atoms. The fourth-order valence-electron chi connectivity index (χ4n) is 6.10. The summed E-state index contributed by atoms with van der Waals surface area (Å²) in [6, 6.07) is 0. The minimum Gasteiger partial charge on any atom is -0.393 e. The highest BCUT2D eigenvalue weighted by Gasteiger charge is 2.34. The second-order valence-corrected chi connectivity index (χ2v) is 9.17. The van der Waals surface area contributed by atoms with Gasteiger partial charge in [0.2, 0.25) is 0 Å². The molecule has 0 aromatic heterocycles. The molecule has 0 heterocycles. The van der Waals surface area contributed by atoms with Crippen molar-refractivity contribution in [2.75, 3.05) is 0 Å². The maximum Gasteiger partial charge on any atom is 0.0540 e. The summed E-state index contributed by atoms with van der Waals surface area (Å²) in [6.45, 7) is 2.33. The minimum absolute atomic E-state index is 0.0190. The third-order valence-corrected chi connectivity index (χ3v) is 7.75. The van der Waals surface area contributed by atoms with E-state index in [1.54, 1.807) is 12.8 Å². The van der Waals surface area contributed by atoms with Crippen molar-refractivity contribution >= 4 is 0 Å². The van der Waals surface area contributed by atoms with E-state index < -0.39 is 0 Å². The molecule has 0 spiro atoms. The number of hydrogen-bond donors (Lipinski definition) is 1. The van der Waals surface area contributed by atoms with Crippen LogP contribution in [0.25, 0.3) is 0 Å².